The van der Waals surface area contributed by atoms with E-state index in [0.717, 1.165) is 16.8 Å². The van der Waals surface area contributed by atoms with Crippen LogP contribution in [-0.2, 0) is 4.79 Å². The third-order valence-electron chi connectivity index (χ3n) is 4.39. The highest BCUT2D eigenvalue weighted by atomic mass is 16.3. The molecule has 0 saturated heterocycles. The molecule has 0 heterocycles. The van der Waals surface area contributed by atoms with Gasteiger partial charge in [-0.25, -0.2) is 0 Å². The van der Waals surface area contributed by atoms with Gasteiger partial charge in [-0.3, -0.25) is 9.79 Å². The fourth-order valence-corrected chi connectivity index (χ4v) is 2.72. The van der Waals surface area contributed by atoms with Gasteiger partial charge in [0.1, 0.15) is 11.3 Å². The first-order valence-electron chi connectivity index (χ1n) is 9.01. The Labute approximate surface area is 164 Å². The number of hydrogen-bond acceptors (Lipinski definition) is 3. The minimum absolute atomic E-state index is 0.0951. The van der Waals surface area contributed by atoms with E-state index in [0.29, 0.717) is 11.3 Å². The monoisotopic (exact) mass is 370 g/mol. The molecule has 2 N–H and O–H groups in total. The van der Waals surface area contributed by atoms with Crippen molar-refractivity contribution in [3.63, 3.8) is 0 Å². The largest absolute Gasteiger partial charge is 0.506 e. The van der Waals surface area contributed by atoms with Crippen molar-refractivity contribution >= 4 is 29.3 Å². The van der Waals surface area contributed by atoms with Crippen molar-refractivity contribution in [2.45, 2.75) is 13.8 Å². The average Bonchev–Trinajstić information content (AvgIpc) is 2.71. The Bertz CT molecular complexity index is 1040. The molecule has 0 radical (unpaired) electrons. The van der Waals surface area contributed by atoms with Gasteiger partial charge in [-0.05, 0) is 37.1 Å². The lowest BCUT2D eigenvalue weighted by Crippen LogP contribution is -2.17. The zero-order chi connectivity index (χ0) is 19.9. The summed E-state index contributed by atoms with van der Waals surface area (Å²) in [7, 11) is 0. The second kappa shape index (κ2) is 8.82. The number of rotatable bonds is 5. The summed E-state index contributed by atoms with van der Waals surface area (Å²) in [5, 5.41) is 13.6. The van der Waals surface area contributed by atoms with Crippen LogP contribution in [0.5, 0.6) is 0 Å². The first-order chi connectivity index (χ1) is 13.6. The lowest BCUT2D eigenvalue weighted by Gasteiger charge is -2.11. The quantitative estimate of drug-likeness (QED) is 0.348. The van der Waals surface area contributed by atoms with Crippen LogP contribution in [-0.4, -0.2) is 17.2 Å². The van der Waals surface area contributed by atoms with Gasteiger partial charge < -0.3 is 10.4 Å². The Kier molecular flexibility index (Phi) is 6.02. The molecular formula is C24H22N2O2. The molecule has 1 amide bonds. The van der Waals surface area contributed by atoms with Crippen molar-refractivity contribution in [1.82, 2.24) is 0 Å². The summed E-state index contributed by atoms with van der Waals surface area (Å²) in [5.74, 6) is -0.544. The maximum absolute atomic E-state index is 13.0. The van der Waals surface area contributed by atoms with E-state index in [-0.39, 0.29) is 11.3 Å². The molecule has 0 spiro atoms. The van der Waals surface area contributed by atoms with Gasteiger partial charge in [-0.1, -0.05) is 66.7 Å². The fourth-order valence-electron chi connectivity index (χ4n) is 2.72. The van der Waals surface area contributed by atoms with Gasteiger partial charge in [0.15, 0.2) is 0 Å². The molecule has 3 aromatic rings. The van der Waals surface area contributed by atoms with Crippen LogP contribution in [0.2, 0.25) is 0 Å². The van der Waals surface area contributed by atoms with Crippen LogP contribution in [0.1, 0.15) is 16.7 Å². The molecule has 0 unspecified atom stereocenters. The molecule has 0 aliphatic heterocycles. The van der Waals surface area contributed by atoms with Crippen molar-refractivity contribution in [3.05, 3.63) is 101 Å². The van der Waals surface area contributed by atoms with Crippen LogP contribution in [0.25, 0.3) is 5.76 Å². The van der Waals surface area contributed by atoms with E-state index in [1.807, 2.05) is 68.4 Å². The number of carbonyl (C=O) groups is 1. The molecule has 0 fully saturated rings. The number of aliphatic imine (C=N–C) groups is 1. The molecule has 28 heavy (non-hydrogen) atoms. The topological polar surface area (TPSA) is 61.7 Å². The van der Waals surface area contributed by atoms with Gasteiger partial charge in [0.05, 0.1) is 5.69 Å². The highest BCUT2D eigenvalue weighted by molar-refractivity contribution is 6.22. The highest BCUT2D eigenvalue weighted by Crippen LogP contribution is 2.21. The number of nitrogens with one attached hydrogen (secondary N) is 1. The first kappa shape index (κ1) is 19.1. The van der Waals surface area contributed by atoms with Crippen LogP contribution in [0.4, 0.5) is 11.4 Å². The molecule has 3 aromatic carbocycles. The van der Waals surface area contributed by atoms with Crippen LogP contribution in [0, 0.1) is 13.8 Å². The zero-order valence-corrected chi connectivity index (χ0v) is 15.9. The SMILES string of the molecule is Cc1ccccc1N=CC(C(=O)Nc1ccccc1C)=C(O)c1ccccc1. The van der Waals surface area contributed by atoms with E-state index in [4.69, 9.17) is 0 Å². The minimum Gasteiger partial charge on any atom is -0.506 e. The van der Waals surface area contributed by atoms with E-state index in [2.05, 4.69) is 10.3 Å². The van der Waals surface area contributed by atoms with E-state index in [1.54, 1.807) is 24.3 Å². The third kappa shape index (κ3) is 4.54. The molecule has 3 rings (SSSR count). The Morgan fingerprint density at radius 3 is 2.14 bits per heavy atom. The maximum Gasteiger partial charge on any atom is 0.261 e. The normalized spacial score (nSPS) is 11.9. The summed E-state index contributed by atoms with van der Waals surface area (Å²) in [6, 6.07) is 24.1. The molecule has 140 valence electrons. The molecular weight excluding hydrogens is 348 g/mol. The molecule has 0 bridgehead atoms. The van der Waals surface area contributed by atoms with Crippen LogP contribution in [0.15, 0.2) is 89.4 Å². The van der Waals surface area contributed by atoms with Crippen molar-refractivity contribution in [3.8, 4) is 0 Å². The molecule has 0 atom stereocenters. The Balaban J connectivity index is 2.00. The van der Waals surface area contributed by atoms with Crippen molar-refractivity contribution in [2.24, 2.45) is 4.99 Å². The number of aliphatic hydroxyl groups excluding tert-OH is 1. The summed E-state index contributed by atoms with van der Waals surface area (Å²) in [6.07, 6.45) is 1.41. The maximum atomic E-state index is 13.0. The lowest BCUT2D eigenvalue weighted by molar-refractivity contribution is -0.112. The Morgan fingerprint density at radius 2 is 1.46 bits per heavy atom. The van der Waals surface area contributed by atoms with E-state index >= 15 is 0 Å². The molecule has 0 aromatic heterocycles. The van der Waals surface area contributed by atoms with Gasteiger partial charge in [-0.2, -0.15) is 0 Å². The fraction of sp³-hybridized carbons (Fsp3) is 0.0833. The number of para-hydroxylation sites is 2. The smallest absolute Gasteiger partial charge is 0.261 e. The lowest BCUT2D eigenvalue weighted by atomic mass is 10.1. The Hall–Kier alpha value is -3.66. The predicted octanol–water partition coefficient (Wildman–Crippen LogP) is 5.61. The zero-order valence-electron chi connectivity index (χ0n) is 15.9. The van der Waals surface area contributed by atoms with Crippen LogP contribution >= 0.6 is 0 Å². The number of amides is 1. The second-order valence-corrected chi connectivity index (χ2v) is 6.44. The molecule has 0 aliphatic rings. The third-order valence-corrected chi connectivity index (χ3v) is 4.39. The van der Waals surface area contributed by atoms with Crippen molar-refractivity contribution < 1.29 is 9.90 Å². The summed E-state index contributed by atoms with van der Waals surface area (Å²) in [4.78, 5) is 17.4. The van der Waals surface area contributed by atoms with Crippen molar-refractivity contribution in [2.75, 3.05) is 5.32 Å². The predicted molar refractivity (Wildman–Crippen MR) is 115 cm³/mol. The molecule has 4 nitrogen and oxygen atoms in total. The first-order valence-corrected chi connectivity index (χ1v) is 9.01. The van der Waals surface area contributed by atoms with Gasteiger partial charge in [0, 0.05) is 17.5 Å². The minimum atomic E-state index is -0.423. The number of carbonyl (C=O) groups excluding carboxylic acids is 1. The number of aryl methyl sites for hydroxylation is 2. The van der Waals surface area contributed by atoms with Gasteiger partial charge in [0.2, 0.25) is 0 Å². The number of aliphatic hydroxyl groups is 1. The van der Waals surface area contributed by atoms with E-state index in [9.17, 15) is 9.90 Å². The van der Waals surface area contributed by atoms with Crippen LogP contribution in [0.3, 0.4) is 0 Å². The summed E-state index contributed by atoms with van der Waals surface area (Å²) in [5.41, 5.74) is 3.99. The van der Waals surface area contributed by atoms with Gasteiger partial charge in [-0.15, -0.1) is 0 Å². The summed E-state index contributed by atoms with van der Waals surface area (Å²) >= 11 is 0. The van der Waals surface area contributed by atoms with Gasteiger partial charge >= 0.3 is 0 Å². The summed E-state index contributed by atoms with van der Waals surface area (Å²) < 4.78 is 0. The number of hydrogen-bond donors (Lipinski definition) is 2. The summed E-state index contributed by atoms with van der Waals surface area (Å²) in [6.45, 7) is 3.86. The number of benzene rings is 3. The van der Waals surface area contributed by atoms with Gasteiger partial charge in [0.25, 0.3) is 5.91 Å². The van der Waals surface area contributed by atoms with E-state index in [1.165, 1.54) is 6.21 Å². The molecule has 0 aliphatic carbocycles. The van der Waals surface area contributed by atoms with E-state index < -0.39 is 5.91 Å². The molecule has 4 heteroatoms. The number of anilines is 1. The molecule has 0 saturated carbocycles. The van der Waals surface area contributed by atoms with Crippen LogP contribution < -0.4 is 5.32 Å². The van der Waals surface area contributed by atoms with Crippen molar-refractivity contribution in [1.29, 1.82) is 0 Å². The average molecular weight is 370 g/mol. The highest BCUT2D eigenvalue weighted by Gasteiger charge is 2.16. The number of nitrogens with zero attached hydrogens (tertiary/aromatic N) is 1. The standard InChI is InChI=1S/C24H22N2O2/c1-17-10-6-8-14-21(17)25-16-20(23(27)19-12-4-3-5-13-19)24(28)26-22-15-9-7-11-18(22)2/h3-16,27H,1-2H3,(H,26,28). The Morgan fingerprint density at radius 1 is 0.857 bits per heavy atom. The second-order valence-electron chi connectivity index (χ2n) is 6.44.